The van der Waals surface area contributed by atoms with Crippen LogP contribution in [0.5, 0.6) is 0 Å². The number of nitrogens with one attached hydrogen (secondary N) is 1. The maximum Gasteiger partial charge on any atom is 0.416 e. The average molecular weight is 466 g/mol. The van der Waals surface area contributed by atoms with E-state index in [1.165, 1.54) is 22.5 Å². The van der Waals surface area contributed by atoms with Crippen molar-refractivity contribution in [3.63, 3.8) is 0 Å². The van der Waals surface area contributed by atoms with Crippen LogP contribution in [0.25, 0.3) is 0 Å². The second kappa shape index (κ2) is 8.15. The highest BCUT2D eigenvalue weighted by atomic mass is 32.2. The lowest BCUT2D eigenvalue weighted by molar-refractivity contribution is -0.143. The number of carbonyl (C=O) groups is 1. The summed E-state index contributed by atoms with van der Waals surface area (Å²) >= 11 is 0. The number of amides is 1. The van der Waals surface area contributed by atoms with Gasteiger partial charge in [0.1, 0.15) is 0 Å². The van der Waals surface area contributed by atoms with Crippen LogP contribution in [0, 0.1) is 0 Å². The van der Waals surface area contributed by atoms with Crippen LogP contribution in [0.4, 0.5) is 32.0 Å². The third-order valence-corrected chi connectivity index (χ3v) is 6.54. The molecule has 5 nitrogen and oxygen atoms in total. The molecule has 1 heterocycles. The van der Waals surface area contributed by atoms with E-state index < -0.39 is 45.0 Å². The molecule has 0 bridgehead atoms. The number of halogens is 6. The Morgan fingerprint density at radius 1 is 0.871 bits per heavy atom. The SMILES string of the molecule is O=C(Nc1cccc(S(=O)(=O)N2CCCC2)c1)c1cc(C(F)(F)F)cc(C(F)(F)F)c1. The molecule has 2 aromatic carbocycles. The number of hydrogen-bond donors (Lipinski definition) is 1. The zero-order valence-electron chi connectivity index (χ0n) is 15.7. The lowest BCUT2D eigenvalue weighted by atomic mass is 10.0. The summed E-state index contributed by atoms with van der Waals surface area (Å²) in [6.45, 7) is 0.673. The first-order chi connectivity index (χ1) is 14.3. The van der Waals surface area contributed by atoms with Crippen molar-refractivity contribution in [3.05, 3.63) is 59.2 Å². The van der Waals surface area contributed by atoms with Crippen molar-refractivity contribution in [1.29, 1.82) is 0 Å². The summed E-state index contributed by atoms with van der Waals surface area (Å²) in [6.07, 6.45) is -8.79. The maximum atomic E-state index is 13.0. The summed E-state index contributed by atoms with van der Waals surface area (Å²) in [5.74, 6) is -1.24. The Morgan fingerprint density at radius 3 is 1.94 bits per heavy atom. The molecular weight excluding hydrogens is 450 g/mol. The van der Waals surface area contributed by atoms with Crippen LogP contribution in [0.2, 0.25) is 0 Å². The second-order valence-electron chi connectivity index (χ2n) is 6.89. The number of sulfonamides is 1. The van der Waals surface area contributed by atoms with Crippen LogP contribution in [0.3, 0.4) is 0 Å². The van der Waals surface area contributed by atoms with Crippen molar-refractivity contribution in [2.45, 2.75) is 30.1 Å². The molecule has 1 amide bonds. The fourth-order valence-corrected chi connectivity index (χ4v) is 4.66. The standard InChI is InChI=1S/C19H16F6N2O3S/c20-18(21,22)13-8-12(9-14(10-13)19(23,24)25)17(28)26-15-4-3-5-16(11-15)31(29,30)27-6-1-2-7-27/h3-5,8-11H,1-2,6-7H2,(H,26,28). The molecule has 12 heteroatoms. The van der Waals surface area contributed by atoms with Crippen molar-refractivity contribution in [2.24, 2.45) is 0 Å². The van der Waals surface area contributed by atoms with Crippen molar-refractivity contribution in [1.82, 2.24) is 4.31 Å². The van der Waals surface area contributed by atoms with Crippen molar-refractivity contribution >= 4 is 21.6 Å². The first-order valence-electron chi connectivity index (χ1n) is 8.99. The van der Waals surface area contributed by atoms with Gasteiger partial charge in [0, 0.05) is 24.3 Å². The van der Waals surface area contributed by atoms with E-state index in [0.717, 1.165) is 6.07 Å². The summed E-state index contributed by atoms with van der Waals surface area (Å²) in [7, 11) is -3.83. The smallest absolute Gasteiger partial charge is 0.322 e. The zero-order chi connectivity index (χ0) is 23.0. The molecule has 168 valence electrons. The van der Waals surface area contributed by atoms with Crippen molar-refractivity contribution in [3.8, 4) is 0 Å². The van der Waals surface area contributed by atoms with Crippen LogP contribution in [0.15, 0.2) is 47.4 Å². The number of rotatable bonds is 4. The van der Waals surface area contributed by atoms with E-state index in [-0.39, 0.29) is 16.6 Å². The number of carbonyl (C=O) groups excluding carboxylic acids is 1. The Labute approximate surface area is 173 Å². The van der Waals surface area contributed by atoms with Crippen LogP contribution in [0.1, 0.15) is 34.3 Å². The van der Waals surface area contributed by atoms with Gasteiger partial charge in [-0.2, -0.15) is 30.6 Å². The molecule has 1 fully saturated rings. The van der Waals surface area contributed by atoms with Gasteiger partial charge >= 0.3 is 12.4 Å². The lowest BCUT2D eigenvalue weighted by Crippen LogP contribution is -2.28. The highest BCUT2D eigenvalue weighted by Crippen LogP contribution is 2.36. The van der Waals surface area contributed by atoms with E-state index in [2.05, 4.69) is 5.32 Å². The van der Waals surface area contributed by atoms with Gasteiger partial charge in [-0.15, -0.1) is 0 Å². The molecule has 1 N–H and O–H groups in total. The number of nitrogens with zero attached hydrogens (tertiary/aromatic N) is 1. The van der Waals surface area contributed by atoms with E-state index >= 15 is 0 Å². The Kier molecular flexibility index (Phi) is 6.07. The van der Waals surface area contributed by atoms with Gasteiger partial charge in [-0.1, -0.05) is 6.07 Å². The van der Waals surface area contributed by atoms with Gasteiger partial charge in [0.05, 0.1) is 16.0 Å². The van der Waals surface area contributed by atoms with Gasteiger partial charge in [-0.3, -0.25) is 4.79 Å². The van der Waals surface area contributed by atoms with Gasteiger partial charge in [0.15, 0.2) is 0 Å². The van der Waals surface area contributed by atoms with E-state index in [0.29, 0.717) is 38.1 Å². The zero-order valence-corrected chi connectivity index (χ0v) is 16.5. The highest BCUT2D eigenvalue weighted by molar-refractivity contribution is 7.89. The predicted octanol–water partition coefficient (Wildman–Crippen LogP) is 4.76. The monoisotopic (exact) mass is 466 g/mol. The number of benzene rings is 2. The molecule has 1 aliphatic rings. The second-order valence-corrected chi connectivity index (χ2v) is 8.83. The first-order valence-corrected chi connectivity index (χ1v) is 10.4. The predicted molar refractivity (Wildman–Crippen MR) is 98.8 cm³/mol. The largest absolute Gasteiger partial charge is 0.416 e. The Morgan fingerprint density at radius 2 is 1.42 bits per heavy atom. The van der Waals surface area contributed by atoms with Crippen LogP contribution < -0.4 is 5.32 Å². The molecule has 0 radical (unpaired) electrons. The number of anilines is 1. The molecule has 3 rings (SSSR count). The normalized spacial score (nSPS) is 15.8. The van der Waals surface area contributed by atoms with Gasteiger partial charge in [0.2, 0.25) is 10.0 Å². The summed E-state index contributed by atoms with van der Waals surface area (Å²) in [5, 5.41) is 2.16. The maximum absolute atomic E-state index is 13.0. The molecule has 0 aliphatic carbocycles. The molecule has 0 spiro atoms. The lowest BCUT2D eigenvalue weighted by Gasteiger charge is -2.16. The summed E-state index contributed by atoms with van der Waals surface area (Å²) in [5.41, 5.74) is -4.21. The molecule has 1 saturated heterocycles. The molecule has 0 atom stereocenters. The Hall–Kier alpha value is -2.60. The minimum Gasteiger partial charge on any atom is -0.322 e. The minimum atomic E-state index is -5.10. The number of alkyl halides is 6. The summed E-state index contributed by atoms with van der Waals surface area (Å²) in [6, 6.07) is 5.50. The van der Waals surface area contributed by atoms with Gasteiger partial charge in [-0.05, 0) is 49.2 Å². The van der Waals surface area contributed by atoms with E-state index in [4.69, 9.17) is 0 Å². The van der Waals surface area contributed by atoms with Gasteiger partial charge in [-0.25, -0.2) is 8.42 Å². The average Bonchev–Trinajstić information content (AvgIpc) is 3.22. The van der Waals surface area contributed by atoms with Gasteiger partial charge < -0.3 is 5.32 Å². The Bertz CT molecular complexity index is 1060. The van der Waals surface area contributed by atoms with Gasteiger partial charge in [0.25, 0.3) is 5.91 Å². The molecule has 2 aromatic rings. The molecule has 0 aromatic heterocycles. The van der Waals surface area contributed by atoms with E-state index in [1.807, 2.05) is 0 Å². The third kappa shape index (κ3) is 5.18. The van der Waals surface area contributed by atoms with E-state index in [9.17, 15) is 39.6 Å². The fraction of sp³-hybridized carbons (Fsp3) is 0.316. The first kappa shape index (κ1) is 23.1. The van der Waals surface area contributed by atoms with Crippen LogP contribution in [-0.4, -0.2) is 31.7 Å². The van der Waals surface area contributed by atoms with Crippen molar-refractivity contribution < 1.29 is 39.6 Å². The summed E-state index contributed by atoms with van der Waals surface area (Å²) < 4.78 is 104. The number of hydrogen-bond acceptors (Lipinski definition) is 3. The molecule has 0 saturated carbocycles. The minimum absolute atomic E-state index is 0.0833. The Balaban J connectivity index is 1.91. The highest BCUT2D eigenvalue weighted by Gasteiger charge is 2.37. The quantitative estimate of drug-likeness (QED) is 0.661. The third-order valence-electron chi connectivity index (χ3n) is 4.64. The molecular formula is C19H16F6N2O3S. The molecule has 0 unspecified atom stereocenters. The van der Waals surface area contributed by atoms with E-state index in [1.54, 1.807) is 0 Å². The fourth-order valence-electron chi connectivity index (χ4n) is 3.10. The van der Waals surface area contributed by atoms with Crippen molar-refractivity contribution in [2.75, 3.05) is 18.4 Å². The molecule has 1 aliphatic heterocycles. The van der Waals surface area contributed by atoms with Crippen LogP contribution >= 0.6 is 0 Å². The summed E-state index contributed by atoms with van der Waals surface area (Å²) in [4.78, 5) is 12.2. The van der Waals surface area contributed by atoms with Crippen LogP contribution in [-0.2, 0) is 22.4 Å². The topological polar surface area (TPSA) is 66.5 Å². The molecule has 31 heavy (non-hydrogen) atoms.